The fourth-order valence-electron chi connectivity index (χ4n) is 4.41. The summed E-state index contributed by atoms with van der Waals surface area (Å²) >= 11 is 0. The Labute approximate surface area is 221 Å². The molecule has 2 aromatic carbocycles. The number of hydrogen-bond donors (Lipinski definition) is 2. The summed E-state index contributed by atoms with van der Waals surface area (Å²) in [5.74, 6) is 0.0528. The van der Waals surface area contributed by atoms with Gasteiger partial charge < -0.3 is 14.7 Å². The van der Waals surface area contributed by atoms with Crippen molar-refractivity contribution in [2.45, 2.75) is 45.1 Å². The molecule has 0 aliphatic carbocycles. The maximum Gasteiger partial charge on any atom is 0.416 e. The van der Waals surface area contributed by atoms with Gasteiger partial charge in [-0.15, -0.1) is 0 Å². The van der Waals surface area contributed by atoms with E-state index in [1.54, 1.807) is 30.0 Å². The van der Waals surface area contributed by atoms with Crippen molar-refractivity contribution >= 4 is 21.6 Å². The molecule has 0 aromatic heterocycles. The Morgan fingerprint density at radius 1 is 1.21 bits per heavy atom. The van der Waals surface area contributed by atoms with Crippen LogP contribution in [0.2, 0.25) is 0 Å². The van der Waals surface area contributed by atoms with E-state index in [1.807, 2.05) is 18.9 Å². The van der Waals surface area contributed by atoms with Crippen molar-refractivity contribution in [3.63, 3.8) is 0 Å². The van der Waals surface area contributed by atoms with Crippen molar-refractivity contribution in [3.05, 3.63) is 59.2 Å². The monoisotopic (exact) mass is 557 g/mol. The van der Waals surface area contributed by atoms with E-state index in [-0.39, 0.29) is 24.9 Å². The van der Waals surface area contributed by atoms with Crippen LogP contribution < -0.4 is 9.46 Å². The number of likely N-dealkylation sites (N-methyl/N-ethyl adjacent to an activating group) is 1. The van der Waals surface area contributed by atoms with Crippen molar-refractivity contribution in [1.29, 1.82) is 0 Å². The van der Waals surface area contributed by atoms with Gasteiger partial charge in [-0.1, -0.05) is 19.1 Å². The molecule has 0 spiro atoms. The minimum atomic E-state index is -4.40. The lowest BCUT2D eigenvalue weighted by Gasteiger charge is -2.34. The van der Waals surface area contributed by atoms with Gasteiger partial charge in [-0.25, -0.2) is 8.42 Å². The zero-order valence-electron chi connectivity index (χ0n) is 21.8. The van der Waals surface area contributed by atoms with E-state index in [2.05, 4.69) is 4.72 Å². The van der Waals surface area contributed by atoms with Gasteiger partial charge in [0.05, 0.1) is 30.9 Å². The van der Waals surface area contributed by atoms with Crippen molar-refractivity contribution in [1.82, 2.24) is 9.80 Å². The summed E-state index contributed by atoms with van der Waals surface area (Å²) in [7, 11) is -1.70. The molecule has 3 atom stereocenters. The van der Waals surface area contributed by atoms with Gasteiger partial charge in [-0.05, 0) is 49.9 Å². The fraction of sp³-hybridized carbons (Fsp3) is 0.500. The average Bonchev–Trinajstić information content (AvgIpc) is 2.85. The summed E-state index contributed by atoms with van der Waals surface area (Å²) in [6.07, 6.45) is -3.82. The first-order valence-electron chi connectivity index (χ1n) is 12.2. The van der Waals surface area contributed by atoms with Gasteiger partial charge >= 0.3 is 6.18 Å². The lowest BCUT2D eigenvalue weighted by Crippen LogP contribution is -2.47. The molecule has 0 bridgehead atoms. The first kappa shape index (κ1) is 29.7. The number of amides is 1. The number of rotatable bonds is 8. The second-order valence-corrected chi connectivity index (χ2v) is 11.7. The van der Waals surface area contributed by atoms with Crippen LogP contribution in [0, 0.1) is 5.92 Å². The summed E-state index contributed by atoms with van der Waals surface area (Å²) in [6, 6.07) is 9.31. The smallest absolute Gasteiger partial charge is 0.416 e. The van der Waals surface area contributed by atoms with Crippen LogP contribution in [0.4, 0.5) is 18.9 Å². The predicted molar refractivity (Wildman–Crippen MR) is 138 cm³/mol. The normalized spacial score (nSPS) is 19.7. The number of nitrogens with one attached hydrogen (secondary N) is 1. The first-order chi connectivity index (χ1) is 17.7. The van der Waals surface area contributed by atoms with Crippen molar-refractivity contribution in [2.24, 2.45) is 5.92 Å². The molecule has 1 amide bonds. The molecule has 210 valence electrons. The summed E-state index contributed by atoms with van der Waals surface area (Å²) in [5, 5.41) is 9.76. The minimum Gasteiger partial charge on any atom is -0.488 e. The van der Waals surface area contributed by atoms with Gasteiger partial charge in [0.1, 0.15) is 11.9 Å². The SMILES string of the molecule is C[C@H]1CN([C@@H](C)CO)C(=O)Cc2cc(NS(C)(=O)=O)ccc2O[C@@H]1CN(C)Cc1ccc(C(F)(F)F)cc1. The first-order valence-corrected chi connectivity index (χ1v) is 14.1. The van der Waals surface area contributed by atoms with Crippen LogP contribution in [0.15, 0.2) is 42.5 Å². The Balaban J connectivity index is 1.87. The summed E-state index contributed by atoms with van der Waals surface area (Å²) < 4.78 is 70.9. The number of halogens is 3. The third kappa shape index (κ3) is 8.08. The van der Waals surface area contributed by atoms with E-state index in [0.717, 1.165) is 18.4 Å². The Kier molecular flexibility index (Phi) is 9.32. The molecule has 0 saturated carbocycles. The number of alkyl halides is 3. The van der Waals surface area contributed by atoms with E-state index in [4.69, 9.17) is 4.74 Å². The maximum atomic E-state index is 13.2. The number of benzene rings is 2. The van der Waals surface area contributed by atoms with Crippen molar-refractivity contribution in [3.8, 4) is 5.75 Å². The lowest BCUT2D eigenvalue weighted by molar-refractivity contribution is -0.137. The van der Waals surface area contributed by atoms with Crippen LogP contribution in [0.1, 0.15) is 30.5 Å². The van der Waals surface area contributed by atoms with Crippen molar-refractivity contribution in [2.75, 3.05) is 37.7 Å². The highest BCUT2D eigenvalue weighted by atomic mass is 32.2. The minimum absolute atomic E-state index is 0.0419. The molecule has 12 heteroatoms. The summed E-state index contributed by atoms with van der Waals surface area (Å²) in [5.41, 5.74) is 0.802. The third-order valence-electron chi connectivity index (χ3n) is 6.45. The molecule has 38 heavy (non-hydrogen) atoms. The Morgan fingerprint density at radius 3 is 2.45 bits per heavy atom. The van der Waals surface area contributed by atoms with Crippen LogP contribution in [0.5, 0.6) is 5.75 Å². The number of aliphatic hydroxyl groups is 1. The average molecular weight is 558 g/mol. The number of anilines is 1. The number of carbonyl (C=O) groups excluding carboxylic acids is 1. The molecular weight excluding hydrogens is 523 g/mol. The number of fused-ring (bicyclic) bond motifs is 1. The molecule has 3 rings (SSSR count). The van der Waals surface area contributed by atoms with Gasteiger partial charge in [0.25, 0.3) is 0 Å². The third-order valence-corrected chi connectivity index (χ3v) is 7.05. The Hall–Kier alpha value is -2.83. The van der Waals surface area contributed by atoms with Crippen LogP contribution in [-0.4, -0.2) is 74.4 Å². The van der Waals surface area contributed by atoms with Gasteiger partial charge in [-0.3, -0.25) is 14.4 Å². The summed E-state index contributed by atoms with van der Waals surface area (Å²) in [4.78, 5) is 16.8. The number of nitrogens with zero attached hydrogens (tertiary/aromatic N) is 2. The van der Waals surface area contributed by atoms with E-state index in [0.29, 0.717) is 42.2 Å². The summed E-state index contributed by atoms with van der Waals surface area (Å²) in [6.45, 7) is 4.57. The number of aliphatic hydroxyl groups excluding tert-OH is 1. The second kappa shape index (κ2) is 11.9. The quantitative estimate of drug-likeness (QED) is 0.517. The second-order valence-electron chi connectivity index (χ2n) is 9.98. The van der Waals surface area contributed by atoms with E-state index < -0.39 is 33.9 Å². The number of carbonyl (C=O) groups is 1. The van der Waals surface area contributed by atoms with Crippen LogP contribution >= 0.6 is 0 Å². The number of ether oxygens (including phenoxy) is 1. The molecular formula is C26H34F3N3O5S. The molecule has 1 aliphatic rings. The van der Waals surface area contributed by atoms with Crippen LogP contribution in [0.25, 0.3) is 0 Å². The molecule has 8 nitrogen and oxygen atoms in total. The predicted octanol–water partition coefficient (Wildman–Crippen LogP) is 3.36. The molecule has 1 heterocycles. The van der Waals surface area contributed by atoms with E-state index in [9.17, 15) is 31.5 Å². The number of sulfonamides is 1. The molecule has 0 unspecified atom stereocenters. The topological polar surface area (TPSA) is 99.2 Å². The zero-order valence-corrected chi connectivity index (χ0v) is 22.6. The molecule has 2 aromatic rings. The molecule has 0 radical (unpaired) electrons. The number of hydrogen-bond acceptors (Lipinski definition) is 6. The van der Waals surface area contributed by atoms with Crippen LogP contribution in [-0.2, 0) is 34.0 Å². The maximum absolute atomic E-state index is 13.2. The standard InChI is InChI=1S/C26H34F3N3O5S/c1-17-13-32(18(2)16-33)25(34)12-20-11-22(30-38(4,35)36)9-10-23(20)37-24(17)15-31(3)14-19-5-7-21(8-6-19)26(27,28)29/h5-11,17-18,24,30,33H,12-16H2,1-4H3/t17-,18-,24+/m0/s1. The van der Waals surface area contributed by atoms with Gasteiger partial charge in [0, 0.05) is 36.8 Å². The highest BCUT2D eigenvalue weighted by Gasteiger charge is 2.32. The molecule has 0 fully saturated rings. The molecule has 0 saturated heterocycles. The molecule has 2 N–H and O–H groups in total. The highest BCUT2D eigenvalue weighted by Crippen LogP contribution is 2.31. The van der Waals surface area contributed by atoms with E-state index in [1.165, 1.54) is 12.1 Å². The van der Waals surface area contributed by atoms with Gasteiger partial charge in [-0.2, -0.15) is 13.2 Å². The highest BCUT2D eigenvalue weighted by molar-refractivity contribution is 7.92. The fourth-order valence-corrected chi connectivity index (χ4v) is 4.96. The van der Waals surface area contributed by atoms with Crippen molar-refractivity contribution < 1.29 is 36.2 Å². The molecule has 1 aliphatic heterocycles. The zero-order chi connectivity index (χ0) is 28.3. The Morgan fingerprint density at radius 2 is 1.87 bits per heavy atom. The van der Waals surface area contributed by atoms with Gasteiger partial charge in [0.2, 0.25) is 15.9 Å². The Bertz CT molecular complexity index is 1220. The van der Waals surface area contributed by atoms with Gasteiger partial charge in [0.15, 0.2) is 0 Å². The largest absolute Gasteiger partial charge is 0.488 e. The lowest BCUT2D eigenvalue weighted by atomic mass is 10.0. The van der Waals surface area contributed by atoms with Crippen LogP contribution in [0.3, 0.4) is 0 Å². The van der Waals surface area contributed by atoms with E-state index >= 15 is 0 Å².